The van der Waals surface area contributed by atoms with Gasteiger partial charge in [-0.05, 0) is 61.0 Å². The molecule has 0 amide bonds. The smallest absolute Gasteiger partial charge is 0.0279 e. The summed E-state index contributed by atoms with van der Waals surface area (Å²) in [4.78, 5) is 0. The molecule has 0 heterocycles. The van der Waals surface area contributed by atoms with Crippen LogP contribution in [0.5, 0.6) is 0 Å². The molecule has 0 bridgehead atoms. The van der Waals surface area contributed by atoms with Crippen molar-refractivity contribution in [1.82, 2.24) is 10.6 Å². The van der Waals surface area contributed by atoms with Crippen molar-refractivity contribution in [1.29, 1.82) is 0 Å². The van der Waals surface area contributed by atoms with Gasteiger partial charge in [0.1, 0.15) is 0 Å². The summed E-state index contributed by atoms with van der Waals surface area (Å²) < 4.78 is 0. The van der Waals surface area contributed by atoms with Crippen molar-refractivity contribution < 1.29 is 0 Å². The summed E-state index contributed by atoms with van der Waals surface area (Å²) in [6, 6.07) is 45.5. The highest BCUT2D eigenvalue weighted by Gasteiger charge is 2.31. The number of hydrogen-bond donors (Lipinski definition) is 2. The minimum absolute atomic E-state index is 0.424. The van der Waals surface area contributed by atoms with Gasteiger partial charge in [0.25, 0.3) is 0 Å². The van der Waals surface area contributed by atoms with E-state index in [0.29, 0.717) is 23.4 Å². The van der Waals surface area contributed by atoms with Crippen LogP contribution in [0.25, 0.3) is 0 Å². The molecule has 3 aliphatic rings. The summed E-state index contributed by atoms with van der Waals surface area (Å²) >= 11 is 0. The van der Waals surface area contributed by atoms with Crippen LogP contribution in [0, 0.1) is 0 Å². The van der Waals surface area contributed by atoms with E-state index in [1.165, 1.54) is 58.0 Å². The third-order valence-corrected chi connectivity index (χ3v) is 15.1. The average molecular weight is 639 g/mol. The zero-order valence-electron chi connectivity index (χ0n) is 26.5. The molecule has 4 heteroatoms. The molecule has 4 aromatic carbocycles. The summed E-state index contributed by atoms with van der Waals surface area (Å²) in [6.45, 7) is 1.89. The number of benzene rings is 4. The maximum atomic E-state index is 4.07. The van der Waals surface area contributed by atoms with Gasteiger partial charge < -0.3 is 10.6 Å². The second kappa shape index (κ2) is 15.5. The maximum Gasteiger partial charge on any atom is 0.0279 e. The first kappa shape index (κ1) is 31.2. The Morgan fingerprint density at radius 2 is 0.783 bits per heavy atom. The van der Waals surface area contributed by atoms with Crippen LogP contribution in [0.15, 0.2) is 169 Å². The van der Waals surface area contributed by atoms with Crippen LogP contribution in [0.2, 0.25) is 0 Å². The largest absolute Gasteiger partial charge is 0.309 e. The molecule has 46 heavy (non-hydrogen) atoms. The van der Waals surface area contributed by atoms with Gasteiger partial charge in [-0.15, -0.1) is 0 Å². The van der Waals surface area contributed by atoms with E-state index in [1.54, 1.807) is 0 Å². The zero-order chi connectivity index (χ0) is 31.0. The Morgan fingerprint density at radius 1 is 0.457 bits per heavy atom. The second-order valence-electron chi connectivity index (χ2n) is 12.5. The van der Waals surface area contributed by atoms with Gasteiger partial charge in [-0.25, -0.2) is 0 Å². The van der Waals surface area contributed by atoms with Crippen LogP contribution in [-0.4, -0.2) is 36.5 Å². The molecule has 7 rings (SSSR count). The van der Waals surface area contributed by atoms with E-state index in [4.69, 9.17) is 0 Å². The summed E-state index contributed by atoms with van der Waals surface area (Å²) in [5, 5.41) is 13.9. The molecule has 2 nitrogen and oxygen atoms in total. The molecule has 0 aliphatic heterocycles. The number of hydrogen-bond acceptors (Lipinski definition) is 2. The van der Waals surface area contributed by atoms with Crippen LogP contribution < -0.4 is 31.9 Å². The van der Waals surface area contributed by atoms with Crippen LogP contribution >= 0.6 is 15.8 Å². The van der Waals surface area contributed by atoms with Gasteiger partial charge >= 0.3 is 0 Å². The highest BCUT2D eigenvalue weighted by molar-refractivity contribution is 7.74. The normalized spacial score (nSPS) is 22.4. The number of nitrogens with one attached hydrogen (secondary N) is 2. The first-order valence-corrected chi connectivity index (χ1v) is 19.7. The Balaban J connectivity index is 1.02. The van der Waals surface area contributed by atoms with Gasteiger partial charge in [0.05, 0.1) is 0 Å². The first-order chi connectivity index (χ1) is 22.8. The van der Waals surface area contributed by atoms with Crippen LogP contribution in [0.3, 0.4) is 0 Å². The van der Waals surface area contributed by atoms with Crippen molar-refractivity contribution in [3.8, 4) is 0 Å². The minimum Gasteiger partial charge on any atom is -0.309 e. The van der Waals surface area contributed by atoms with Crippen LogP contribution in [-0.2, 0) is 0 Å². The third kappa shape index (κ3) is 7.27. The van der Waals surface area contributed by atoms with E-state index in [9.17, 15) is 0 Å². The Hall–Kier alpha value is -3.38. The van der Waals surface area contributed by atoms with Gasteiger partial charge in [0.15, 0.2) is 0 Å². The summed E-state index contributed by atoms with van der Waals surface area (Å²) in [7, 11) is -1.04. The lowest BCUT2D eigenvalue weighted by Gasteiger charge is -2.35. The Bertz CT molecular complexity index is 1460. The molecule has 0 radical (unpaired) electrons. The van der Waals surface area contributed by atoms with Crippen molar-refractivity contribution in [2.75, 3.05) is 13.1 Å². The Morgan fingerprint density at radius 3 is 1.11 bits per heavy atom. The first-order valence-electron chi connectivity index (χ1n) is 16.8. The summed E-state index contributed by atoms with van der Waals surface area (Å²) in [5.41, 5.74) is 3.88. The highest BCUT2D eigenvalue weighted by atomic mass is 31.1. The van der Waals surface area contributed by atoms with Crippen LogP contribution in [0.4, 0.5) is 0 Å². The standard InChI is InChI=1S/C42H44N2P2/c1-5-19-35(20-6-1)45(36-21-7-2-8-22-36)41-29-15-17-33(41)31-43-39-27-13-14-28-40(39)44-32-34-18-16-30-42(34)46(37-23-9-3-10-24-37)38-25-11-4-12-26-38/h1-12,15-26,29-30,39-44H,13-14,27-28,31-32H2/t39-,40-,41-,42-/m0/s1. The molecule has 0 saturated heterocycles. The lowest BCUT2D eigenvalue weighted by atomic mass is 9.90. The van der Waals surface area contributed by atoms with Crippen molar-refractivity contribution in [2.24, 2.45) is 0 Å². The Labute approximate surface area is 277 Å². The Kier molecular flexibility index (Phi) is 10.5. The molecule has 0 unspecified atom stereocenters. The van der Waals surface area contributed by atoms with E-state index >= 15 is 0 Å². The van der Waals surface area contributed by atoms with Crippen molar-refractivity contribution >= 4 is 37.1 Å². The molecule has 3 aliphatic carbocycles. The molecule has 1 fully saturated rings. The molecule has 0 aromatic heterocycles. The summed E-state index contributed by atoms with van der Waals surface area (Å²) in [5.74, 6) is 0. The lowest BCUT2D eigenvalue weighted by Crippen LogP contribution is -2.51. The topological polar surface area (TPSA) is 24.1 Å². The van der Waals surface area contributed by atoms with E-state index in [1.807, 2.05) is 0 Å². The molecular weight excluding hydrogens is 594 g/mol. The van der Waals surface area contributed by atoms with E-state index in [0.717, 1.165) is 13.1 Å². The van der Waals surface area contributed by atoms with Gasteiger partial charge in [0.2, 0.25) is 0 Å². The molecule has 4 atom stereocenters. The third-order valence-electron chi connectivity index (χ3n) is 9.56. The predicted octanol–water partition coefficient (Wildman–Crippen LogP) is 7.47. The predicted molar refractivity (Wildman–Crippen MR) is 202 cm³/mol. The number of rotatable bonds is 12. The lowest BCUT2D eigenvalue weighted by molar-refractivity contribution is 0.294. The molecule has 1 saturated carbocycles. The van der Waals surface area contributed by atoms with Gasteiger partial charge in [0, 0.05) is 36.5 Å². The van der Waals surface area contributed by atoms with Gasteiger partial charge in [-0.2, -0.15) is 0 Å². The highest BCUT2D eigenvalue weighted by Crippen LogP contribution is 2.46. The molecule has 2 N–H and O–H groups in total. The number of allylic oxidation sites excluding steroid dienone is 6. The molecule has 232 valence electrons. The fourth-order valence-electron chi connectivity index (χ4n) is 7.26. The maximum absolute atomic E-state index is 4.07. The van der Waals surface area contributed by atoms with Crippen molar-refractivity contribution in [3.05, 3.63) is 169 Å². The van der Waals surface area contributed by atoms with Crippen molar-refractivity contribution in [2.45, 2.75) is 49.1 Å². The zero-order valence-corrected chi connectivity index (χ0v) is 28.2. The molecular formula is C42H44N2P2. The van der Waals surface area contributed by atoms with E-state index < -0.39 is 15.8 Å². The van der Waals surface area contributed by atoms with Crippen LogP contribution in [0.1, 0.15) is 25.7 Å². The minimum atomic E-state index is -0.518. The van der Waals surface area contributed by atoms with E-state index in [-0.39, 0.29) is 0 Å². The van der Waals surface area contributed by atoms with Gasteiger partial charge in [-0.1, -0.05) is 171 Å². The second-order valence-corrected chi connectivity index (χ2v) is 17.1. The van der Waals surface area contributed by atoms with Crippen molar-refractivity contribution in [3.63, 3.8) is 0 Å². The monoisotopic (exact) mass is 638 g/mol. The van der Waals surface area contributed by atoms with Gasteiger partial charge in [-0.3, -0.25) is 0 Å². The molecule has 4 aromatic rings. The SMILES string of the molecule is C1=C[C@H](P(c2ccccc2)c2ccccc2)C(CN[C@H]2CCCC[C@@H]2NCC2=CC=C[C@@H]2P(c2ccccc2)c2ccccc2)=C1. The molecule has 0 spiro atoms. The fraction of sp³-hybridized carbons (Fsp3) is 0.238. The quantitative estimate of drug-likeness (QED) is 0.157. The average Bonchev–Trinajstić information content (AvgIpc) is 3.79. The fourth-order valence-corrected chi connectivity index (χ4v) is 12.7. The summed E-state index contributed by atoms with van der Waals surface area (Å²) in [6.07, 6.45) is 19.3. The van der Waals surface area contributed by atoms with E-state index in [2.05, 4.69) is 168 Å².